The minimum Gasteiger partial charge on any atom is -0.506 e. The molecule has 57 heavy (non-hydrogen) atoms. The van der Waals surface area contributed by atoms with Crippen molar-refractivity contribution in [1.82, 2.24) is 9.78 Å². The average molecular weight is 863 g/mol. The molecule has 0 aliphatic heterocycles. The second-order valence-corrected chi connectivity index (χ2v) is 15.6. The molecule has 22 heteroatoms. The number of nitrogens with one attached hydrogen (secondary N) is 1. The first-order valence-corrected chi connectivity index (χ1v) is 19.4. The van der Waals surface area contributed by atoms with E-state index in [9.17, 15) is 47.1 Å². The van der Waals surface area contributed by atoms with Crippen LogP contribution in [0, 0.1) is 17.0 Å². The van der Waals surface area contributed by atoms with Gasteiger partial charge in [-0.15, -0.1) is 15.9 Å². The summed E-state index contributed by atoms with van der Waals surface area (Å²) in [6.45, 7) is 3.09. The number of anilines is 1. The molecule has 0 atom stereocenters. The monoisotopic (exact) mass is 862 g/mol. The van der Waals surface area contributed by atoms with Crippen molar-refractivity contribution in [1.29, 1.82) is 0 Å². The van der Waals surface area contributed by atoms with Crippen LogP contribution < -0.4 is 39.8 Å². The van der Waals surface area contributed by atoms with Crippen molar-refractivity contribution in [3.05, 3.63) is 123 Å². The van der Waals surface area contributed by atoms with Crippen LogP contribution in [0.15, 0.2) is 127 Å². The summed E-state index contributed by atoms with van der Waals surface area (Å²) in [6.07, 6.45) is 0.994. The van der Waals surface area contributed by atoms with E-state index in [2.05, 4.69) is 30.3 Å². The Morgan fingerprint density at radius 3 is 2.11 bits per heavy atom. The number of nitrogens with zero attached hydrogens (tertiary/aromatic N) is 7. The molecule has 0 aliphatic carbocycles. The number of hydrogen-bond donors (Lipinski definition) is 4. The van der Waals surface area contributed by atoms with Gasteiger partial charge in [0, 0.05) is 34.9 Å². The number of rotatable bonds is 10. The average Bonchev–Trinajstić information content (AvgIpc) is 3.43. The molecule has 0 saturated heterocycles. The van der Waals surface area contributed by atoms with Gasteiger partial charge in [0.2, 0.25) is 10.0 Å². The standard InChI is InChI=1S/C19H19N3O6S2.C16H12N5O4.Cr.Na/c1-3-30(27,28)13-8-10-16(23)15(11-13)20-21-19-17(24)9-7-12-5-4-6-14(18(12)19)22-29(2,25)26;1-10-15(16(23)20(19-10)11-5-3-2-4-6-11)18-17-13-9-12(21(24)25)7-8-14(13)22;;/h4-11,22-24H,3H2,1-2H3;2-9,22H,1H3;;/q;-1;;+1. The predicted octanol–water partition coefficient (Wildman–Crippen LogP) is 4.12. The minimum absolute atomic E-state index is 0. The third kappa shape index (κ3) is 11.1. The quantitative estimate of drug-likeness (QED) is 0.0500. The summed E-state index contributed by atoms with van der Waals surface area (Å²) in [5, 5.41) is 61.4. The van der Waals surface area contributed by atoms with Crippen LogP contribution in [-0.2, 0) is 37.2 Å². The molecular weight excluding hydrogens is 832 g/mol. The molecule has 5 aromatic carbocycles. The summed E-state index contributed by atoms with van der Waals surface area (Å²) in [4.78, 5) is 22.6. The minimum atomic E-state index is -3.61. The number of aryl methyl sites for hydroxylation is 1. The Kier molecular flexibility index (Phi) is 15.5. The molecule has 0 fully saturated rings. The van der Waals surface area contributed by atoms with Gasteiger partial charge >= 0.3 is 29.6 Å². The van der Waals surface area contributed by atoms with Crippen LogP contribution in [-0.4, -0.2) is 58.9 Å². The van der Waals surface area contributed by atoms with Crippen molar-refractivity contribution in [3.63, 3.8) is 0 Å². The van der Waals surface area contributed by atoms with Crippen LogP contribution >= 0.6 is 0 Å². The van der Waals surface area contributed by atoms with Gasteiger partial charge < -0.3 is 25.2 Å². The van der Waals surface area contributed by atoms with E-state index in [4.69, 9.17) is 0 Å². The SMILES string of the molecule is CCS(=O)(=O)c1ccc(O)c(N=Nc2c(O)ccc3cccc(NS(C)(=O)=O)c23)c1.Cc1nn(-c2ccccc2)c(=O)[c-]1N=Nc1cc([N+](=O)[O-])ccc1O.[Cr].[Na+]. The third-order valence-electron chi connectivity index (χ3n) is 7.65. The normalized spacial score (nSPS) is 11.4. The van der Waals surface area contributed by atoms with E-state index >= 15 is 0 Å². The number of non-ortho nitro benzene ring substituents is 1. The maximum Gasteiger partial charge on any atom is 1.00 e. The fourth-order valence-corrected chi connectivity index (χ4v) is 6.42. The molecule has 6 rings (SSSR count). The second-order valence-electron chi connectivity index (χ2n) is 11.6. The molecule has 6 aromatic rings. The van der Waals surface area contributed by atoms with E-state index in [1.165, 1.54) is 41.9 Å². The molecule has 0 unspecified atom stereocenters. The van der Waals surface area contributed by atoms with Gasteiger partial charge in [-0.25, -0.2) is 26.6 Å². The van der Waals surface area contributed by atoms with Crippen LogP contribution in [0.4, 0.5) is 34.1 Å². The molecule has 18 nitrogen and oxygen atoms in total. The van der Waals surface area contributed by atoms with Gasteiger partial charge in [0.05, 0.1) is 33.2 Å². The van der Waals surface area contributed by atoms with E-state index in [1.54, 1.807) is 49.4 Å². The Labute approximate surface area is 358 Å². The number of sulfonamides is 1. The van der Waals surface area contributed by atoms with Gasteiger partial charge in [-0.1, -0.05) is 55.9 Å². The second kappa shape index (κ2) is 19.2. The number of nitro groups is 1. The Balaban J connectivity index is 0.000000299. The van der Waals surface area contributed by atoms with Gasteiger partial charge in [-0.2, -0.15) is 5.11 Å². The zero-order valence-corrected chi connectivity index (χ0v) is 35.4. The Morgan fingerprint density at radius 1 is 0.842 bits per heavy atom. The summed E-state index contributed by atoms with van der Waals surface area (Å²) in [7, 11) is -7.14. The van der Waals surface area contributed by atoms with Crippen LogP contribution in [0.3, 0.4) is 0 Å². The van der Waals surface area contributed by atoms with E-state index in [1.807, 2.05) is 6.07 Å². The number of hydrogen-bond acceptors (Lipinski definition) is 15. The fraction of sp³-hybridized carbons (Fsp3) is 0.114. The van der Waals surface area contributed by atoms with Crippen molar-refractivity contribution < 1.29 is 84.0 Å². The summed E-state index contributed by atoms with van der Waals surface area (Å²) in [6, 6.07) is 23.6. The van der Waals surface area contributed by atoms with Crippen molar-refractivity contribution in [2.24, 2.45) is 20.5 Å². The number of phenols is 3. The largest absolute Gasteiger partial charge is 1.00 e. The number of nitro benzene ring substituents is 1. The smallest absolute Gasteiger partial charge is 0.506 e. The predicted molar refractivity (Wildman–Crippen MR) is 203 cm³/mol. The topological polar surface area (TPSA) is 268 Å². The fourth-order valence-electron chi connectivity index (χ4n) is 4.95. The summed E-state index contributed by atoms with van der Waals surface area (Å²) in [5.74, 6) is -0.984. The Bertz CT molecular complexity index is 2780. The van der Waals surface area contributed by atoms with Gasteiger partial charge in [0.15, 0.2) is 9.84 Å². The number of fused-ring (bicyclic) bond motifs is 1. The number of benzene rings is 5. The zero-order valence-electron chi connectivity index (χ0n) is 30.5. The van der Waals surface area contributed by atoms with E-state index in [0.717, 1.165) is 24.5 Å². The zero-order chi connectivity index (χ0) is 40.1. The van der Waals surface area contributed by atoms with Crippen LogP contribution in [0.5, 0.6) is 17.2 Å². The van der Waals surface area contributed by atoms with Crippen molar-refractivity contribution >= 4 is 64.8 Å². The van der Waals surface area contributed by atoms with Gasteiger partial charge in [-0.05, 0) is 53.9 Å². The van der Waals surface area contributed by atoms with Gasteiger partial charge in [0.25, 0.3) is 5.69 Å². The first-order valence-electron chi connectivity index (χ1n) is 15.9. The molecule has 0 aliphatic rings. The summed E-state index contributed by atoms with van der Waals surface area (Å²) < 4.78 is 51.1. The Hall–Kier alpha value is -5.40. The number of para-hydroxylation sites is 1. The molecule has 0 spiro atoms. The van der Waals surface area contributed by atoms with Crippen LogP contribution in [0.2, 0.25) is 0 Å². The van der Waals surface area contributed by atoms with Crippen molar-refractivity contribution in [3.8, 4) is 22.9 Å². The van der Waals surface area contributed by atoms with Gasteiger partial charge in [-0.3, -0.25) is 14.8 Å². The number of aromatic hydroxyl groups is 3. The molecule has 4 N–H and O–H groups in total. The number of aromatic nitrogens is 2. The number of azo groups is 2. The van der Waals surface area contributed by atoms with Gasteiger partial charge in [0.1, 0.15) is 39.9 Å². The maximum absolute atomic E-state index is 12.4. The van der Waals surface area contributed by atoms with E-state index < -0.39 is 30.3 Å². The molecular formula is C35H31CrN8NaO10S2. The third-order valence-corrected chi connectivity index (χ3v) is 9.97. The number of phenolic OH excluding ortho intramolecular Hbond substituents is 3. The molecule has 1 aromatic heterocycles. The van der Waals surface area contributed by atoms with E-state index in [-0.39, 0.29) is 109 Å². The summed E-state index contributed by atoms with van der Waals surface area (Å²) in [5.41, 5.74) is 0.124. The summed E-state index contributed by atoms with van der Waals surface area (Å²) >= 11 is 0. The number of sulfone groups is 1. The van der Waals surface area contributed by atoms with Crippen molar-refractivity contribution in [2.45, 2.75) is 18.7 Å². The molecule has 1 heterocycles. The Morgan fingerprint density at radius 2 is 1.47 bits per heavy atom. The first kappa shape index (κ1) is 46.0. The van der Waals surface area contributed by atoms with Crippen molar-refractivity contribution in [2.75, 3.05) is 16.7 Å². The first-order chi connectivity index (χ1) is 26.0. The molecule has 0 amide bonds. The molecule has 0 bridgehead atoms. The molecule has 290 valence electrons. The van der Waals surface area contributed by atoms with E-state index in [0.29, 0.717) is 22.2 Å². The maximum atomic E-state index is 12.4. The van der Waals surface area contributed by atoms with Crippen LogP contribution in [0.1, 0.15) is 12.6 Å². The molecule has 0 saturated carbocycles. The van der Waals surface area contributed by atoms with Crippen LogP contribution in [0.25, 0.3) is 16.5 Å². The molecule has 0 radical (unpaired) electrons.